The molecule has 2 aromatic heterocycles. The quantitative estimate of drug-likeness (QED) is 0.897. The van der Waals surface area contributed by atoms with Gasteiger partial charge in [-0.15, -0.1) is 0 Å². The second-order valence-corrected chi connectivity index (χ2v) is 4.90. The van der Waals surface area contributed by atoms with Gasteiger partial charge in [-0.05, 0) is 38.0 Å². The average Bonchev–Trinajstić information content (AvgIpc) is 2.97. The normalized spacial score (nSPS) is 12.4. The Morgan fingerprint density at radius 1 is 1.53 bits per heavy atom. The molecule has 1 unspecified atom stereocenters. The number of carbonyl (C=O) groups is 1. The van der Waals surface area contributed by atoms with Crippen molar-refractivity contribution in [3.8, 4) is 0 Å². The van der Waals surface area contributed by atoms with Gasteiger partial charge in [-0.25, -0.2) is 0 Å². The summed E-state index contributed by atoms with van der Waals surface area (Å²) in [6.45, 7) is 7.48. The summed E-state index contributed by atoms with van der Waals surface area (Å²) < 4.78 is 7.01. The van der Waals surface area contributed by atoms with E-state index in [0.29, 0.717) is 18.2 Å². The topological polar surface area (TPSA) is 60.1 Å². The highest BCUT2D eigenvalue weighted by molar-refractivity contribution is 5.91. The van der Waals surface area contributed by atoms with Crippen molar-refractivity contribution >= 4 is 5.91 Å². The van der Waals surface area contributed by atoms with Gasteiger partial charge in [0.15, 0.2) is 5.76 Å². The Morgan fingerprint density at radius 2 is 2.32 bits per heavy atom. The van der Waals surface area contributed by atoms with E-state index in [2.05, 4.69) is 17.3 Å². The van der Waals surface area contributed by atoms with Crippen LogP contribution in [0.1, 0.15) is 28.9 Å². The molecule has 0 saturated heterocycles. The van der Waals surface area contributed by atoms with Crippen LogP contribution in [0.15, 0.2) is 28.9 Å². The zero-order valence-electron chi connectivity index (χ0n) is 11.5. The maximum atomic E-state index is 11.7. The fraction of sp³-hybridized carbons (Fsp3) is 0.429. The number of hydrogen-bond acceptors (Lipinski definition) is 3. The highest BCUT2D eigenvalue weighted by atomic mass is 16.3. The lowest BCUT2D eigenvalue weighted by atomic mass is 10.2. The Bertz CT molecular complexity index is 543. The minimum Gasteiger partial charge on any atom is -0.459 e. The van der Waals surface area contributed by atoms with Gasteiger partial charge in [0.25, 0.3) is 5.91 Å². The number of nitrogens with zero attached hydrogens (tertiary/aromatic N) is 2. The summed E-state index contributed by atoms with van der Waals surface area (Å²) in [6, 6.07) is 5.41. The van der Waals surface area contributed by atoms with E-state index in [1.54, 1.807) is 12.1 Å². The highest BCUT2D eigenvalue weighted by Gasteiger charge is 2.11. The van der Waals surface area contributed by atoms with Crippen molar-refractivity contribution in [3.63, 3.8) is 0 Å². The maximum absolute atomic E-state index is 11.7. The third kappa shape index (κ3) is 3.47. The molecule has 0 radical (unpaired) electrons. The molecule has 0 saturated carbocycles. The summed E-state index contributed by atoms with van der Waals surface area (Å²) in [5.74, 6) is 0.473. The van der Waals surface area contributed by atoms with Gasteiger partial charge in [-0.3, -0.25) is 9.48 Å². The van der Waals surface area contributed by atoms with E-state index < -0.39 is 0 Å². The number of rotatable bonds is 5. The van der Waals surface area contributed by atoms with Crippen LogP contribution in [0.5, 0.6) is 0 Å². The van der Waals surface area contributed by atoms with Gasteiger partial charge < -0.3 is 9.73 Å². The van der Waals surface area contributed by atoms with Gasteiger partial charge in [-0.2, -0.15) is 5.10 Å². The van der Waals surface area contributed by atoms with Gasteiger partial charge in [0.1, 0.15) is 0 Å². The largest absolute Gasteiger partial charge is 0.459 e. The fourth-order valence-corrected chi connectivity index (χ4v) is 1.98. The Hall–Kier alpha value is -2.04. The molecule has 0 aliphatic carbocycles. The molecule has 0 bridgehead atoms. The summed E-state index contributed by atoms with van der Waals surface area (Å²) in [4.78, 5) is 11.7. The molecule has 2 aromatic rings. The number of aryl methyl sites for hydroxylation is 2. The van der Waals surface area contributed by atoms with Crippen molar-refractivity contribution in [3.05, 3.63) is 41.6 Å². The summed E-state index contributed by atoms with van der Waals surface area (Å²) in [7, 11) is 0. The monoisotopic (exact) mass is 261 g/mol. The lowest BCUT2D eigenvalue weighted by Gasteiger charge is -2.13. The summed E-state index contributed by atoms with van der Waals surface area (Å²) in [6.07, 6.45) is 1.49. The van der Waals surface area contributed by atoms with Crippen molar-refractivity contribution < 1.29 is 9.21 Å². The molecule has 102 valence electrons. The minimum absolute atomic E-state index is 0.176. The summed E-state index contributed by atoms with van der Waals surface area (Å²) in [5, 5.41) is 7.27. The van der Waals surface area contributed by atoms with E-state index in [9.17, 15) is 4.79 Å². The predicted octanol–water partition coefficient (Wildman–Crippen LogP) is 2.16. The van der Waals surface area contributed by atoms with Crippen LogP contribution in [-0.4, -0.2) is 22.2 Å². The van der Waals surface area contributed by atoms with Crippen LogP contribution < -0.4 is 5.32 Å². The van der Waals surface area contributed by atoms with E-state index in [4.69, 9.17) is 4.42 Å². The SMILES string of the molecule is Cc1cc(C)n(CC(C)CNC(=O)c2ccco2)n1. The smallest absolute Gasteiger partial charge is 0.286 e. The van der Waals surface area contributed by atoms with Crippen LogP contribution in [0.4, 0.5) is 0 Å². The lowest BCUT2D eigenvalue weighted by Crippen LogP contribution is -2.30. The standard InChI is InChI=1S/C14H19N3O2/c1-10(9-17-12(3)7-11(2)16-17)8-15-14(18)13-5-4-6-19-13/h4-7,10H,8-9H2,1-3H3,(H,15,18). The molecule has 1 atom stereocenters. The number of hydrogen-bond donors (Lipinski definition) is 1. The van der Waals surface area contributed by atoms with Gasteiger partial charge in [0, 0.05) is 18.8 Å². The number of nitrogens with one attached hydrogen (secondary N) is 1. The highest BCUT2D eigenvalue weighted by Crippen LogP contribution is 2.06. The zero-order valence-corrected chi connectivity index (χ0v) is 11.5. The summed E-state index contributed by atoms with van der Waals surface area (Å²) in [5.41, 5.74) is 2.16. The molecule has 0 aliphatic heterocycles. The molecule has 0 aromatic carbocycles. The Morgan fingerprint density at radius 3 is 2.89 bits per heavy atom. The molecule has 0 spiro atoms. The second kappa shape index (κ2) is 5.73. The Balaban J connectivity index is 1.83. The first-order valence-corrected chi connectivity index (χ1v) is 6.39. The first-order valence-electron chi connectivity index (χ1n) is 6.39. The van der Waals surface area contributed by atoms with Gasteiger partial charge >= 0.3 is 0 Å². The van der Waals surface area contributed by atoms with Crippen LogP contribution in [-0.2, 0) is 6.54 Å². The molecule has 0 aliphatic rings. The number of carbonyl (C=O) groups excluding carboxylic acids is 1. The third-order valence-electron chi connectivity index (χ3n) is 2.94. The average molecular weight is 261 g/mol. The van der Waals surface area contributed by atoms with Gasteiger partial charge in [-0.1, -0.05) is 6.92 Å². The molecule has 1 amide bonds. The molecule has 19 heavy (non-hydrogen) atoms. The number of furan rings is 1. The molecule has 0 fully saturated rings. The first kappa shape index (κ1) is 13.4. The molecular weight excluding hydrogens is 242 g/mol. The zero-order chi connectivity index (χ0) is 13.8. The second-order valence-electron chi connectivity index (χ2n) is 4.90. The Kier molecular flexibility index (Phi) is 4.04. The Labute approximate surface area is 112 Å². The van der Waals surface area contributed by atoms with Crippen molar-refractivity contribution in [1.29, 1.82) is 0 Å². The number of aromatic nitrogens is 2. The van der Waals surface area contributed by atoms with E-state index in [0.717, 1.165) is 17.9 Å². The van der Waals surface area contributed by atoms with E-state index in [-0.39, 0.29) is 5.91 Å². The van der Waals surface area contributed by atoms with Crippen LogP contribution >= 0.6 is 0 Å². The fourth-order valence-electron chi connectivity index (χ4n) is 1.98. The molecule has 2 heterocycles. The van der Waals surface area contributed by atoms with Crippen molar-refractivity contribution in [2.24, 2.45) is 5.92 Å². The summed E-state index contributed by atoms with van der Waals surface area (Å²) >= 11 is 0. The van der Waals surface area contributed by atoms with Crippen LogP contribution in [0.2, 0.25) is 0 Å². The van der Waals surface area contributed by atoms with Crippen LogP contribution in [0, 0.1) is 19.8 Å². The number of amides is 1. The third-order valence-corrected chi connectivity index (χ3v) is 2.94. The lowest BCUT2D eigenvalue weighted by molar-refractivity contribution is 0.0918. The van der Waals surface area contributed by atoms with Gasteiger partial charge in [0.2, 0.25) is 0 Å². The van der Waals surface area contributed by atoms with E-state index in [1.807, 2.05) is 24.6 Å². The first-order chi connectivity index (χ1) is 9.06. The molecule has 2 rings (SSSR count). The van der Waals surface area contributed by atoms with Crippen LogP contribution in [0.25, 0.3) is 0 Å². The van der Waals surface area contributed by atoms with Crippen LogP contribution in [0.3, 0.4) is 0 Å². The minimum atomic E-state index is -0.176. The predicted molar refractivity (Wildman–Crippen MR) is 71.9 cm³/mol. The van der Waals surface area contributed by atoms with E-state index >= 15 is 0 Å². The maximum Gasteiger partial charge on any atom is 0.286 e. The van der Waals surface area contributed by atoms with Crippen molar-refractivity contribution in [1.82, 2.24) is 15.1 Å². The van der Waals surface area contributed by atoms with E-state index in [1.165, 1.54) is 6.26 Å². The van der Waals surface area contributed by atoms with Crippen molar-refractivity contribution in [2.75, 3.05) is 6.54 Å². The van der Waals surface area contributed by atoms with Crippen molar-refractivity contribution in [2.45, 2.75) is 27.3 Å². The van der Waals surface area contributed by atoms with Gasteiger partial charge in [0.05, 0.1) is 12.0 Å². The molecular formula is C14H19N3O2. The molecule has 5 heteroatoms. The molecule has 1 N–H and O–H groups in total. The molecule has 5 nitrogen and oxygen atoms in total.